The maximum Gasteiger partial charge on any atom is 0.435 e. The lowest BCUT2D eigenvalue weighted by Crippen LogP contribution is -2.48. The van der Waals surface area contributed by atoms with Crippen LogP contribution in [0.2, 0.25) is 0 Å². The van der Waals surface area contributed by atoms with Gasteiger partial charge in [-0.2, -0.15) is 13.2 Å². The topological polar surface area (TPSA) is 55.0 Å². The van der Waals surface area contributed by atoms with Crippen molar-refractivity contribution in [2.75, 3.05) is 4.90 Å². The summed E-state index contributed by atoms with van der Waals surface area (Å²) in [6.07, 6.45) is -0.630. The summed E-state index contributed by atoms with van der Waals surface area (Å²) in [5.41, 5.74) is 5.02. The van der Waals surface area contributed by atoms with Crippen LogP contribution in [0.4, 0.5) is 19.0 Å². The molecule has 2 saturated heterocycles. The molecule has 1 aromatic rings. The molecule has 2 bridgehead atoms. The molecule has 2 unspecified atom stereocenters. The van der Waals surface area contributed by atoms with Crippen LogP contribution in [0, 0.1) is 0 Å². The van der Waals surface area contributed by atoms with Gasteiger partial charge in [0.1, 0.15) is 0 Å². The molecular formula is C12H15F3N4. The number of hydrogen-bond acceptors (Lipinski definition) is 4. The fourth-order valence-corrected chi connectivity index (χ4v) is 3.21. The van der Waals surface area contributed by atoms with Crippen molar-refractivity contribution < 1.29 is 13.2 Å². The monoisotopic (exact) mass is 272 g/mol. The summed E-state index contributed by atoms with van der Waals surface area (Å²) in [7, 11) is 0. The van der Waals surface area contributed by atoms with E-state index in [1.165, 1.54) is 6.07 Å². The van der Waals surface area contributed by atoms with Crippen molar-refractivity contribution in [2.45, 2.75) is 50.0 Å². The standard InChI is InChI=1S/C12H15F3N4/c13-12(14,15)10-3-4-11(18-17-10)19-8-1-2-9(19)6-7(16)5-8/h3-4,7-9H,1-2,5-6,16H2. The fraction of sp³-hybridized carbons (Fsp3) is 0.667. The van der Waals surface area contributed by atoms with Crippen molar-refractivity contribution in [3.05, 3.63) is 17.8 Å². The molecule has 0 saturated carbocycles. The molecule has 7 heteroatoms. The van der Waals surface area contributed by atoms with E-state index in [1.54, 1.807) is 0 Å². The van der Waals surface area contributed by atoms with Gasteiger partial charge in [-0.05, 0) is 37.8 Å². The average Bonchev–Trinajstić information content (AvgIpc) is 2.61. The molecule has 4 nitrogen and oxygen atoms in total. The Hall–Kier alpha value is -1.37. The van der Waals surface area contributed by atoms with Gasteiger partial charge in [0.2, 0.25) is 0 Å². The third kappa shape index (κ3) is 2.27. The molecule has 2 aliphatic rings. The van der Waals surface area contributed by atoms with Crippen molar-refractivity contribution in [2.24, 2.45) is 5.73 Å². The van der Waals surface area contributed by atoms with Crippen molar-refractivity contribution >= 4 is 5.82 Å². The van der Waals surface area contributed by atoms with Crippen LogP contribution in [0.5, 0.6) is 0 Å². The fourth-order valence-electron chi connectivity index (χ4n) is 3.21. The summed E-state index contributed by atoms with van der Waals surface area (Å²) in [4.78, 5) is 2.09. The summed E-state index contributed by atoms with van der Waals surface area (Å²) < 4.78 is 37.3. The van der Waals surface area contributed by atoms with Crippen LogP contribution >= 0.6 is 0 Å². The Morgan fingerprint density at radius 2 is 1.74 bits per heavy atom. The number of piperidine rings is 1. The number of aromatic nitrogens is 2. The van der Waals surface area contributed by atoms with E-state index in [9.17, 15) is 13.2 Å². The average molecular weight is 272 g/mol. The lowest BCUT2D eigenvalue weighted by molar-refractivity contribution is -0.141. The predicted octanol–water partition coefficient (Wildman–Crippen LogP) is 1.95. The SMILES string of the molecule is NC1CC2CCC(C1)N2c1ccc(C(F)(F)F)nn1. The number of nitrogens with two attached hydrogens (primary N) is 1. The quantitative estimate of drug-likeness (QED) is 0.849. The maximum absolute atomic E-state index is 12.4. The number of hydrogen-bond donors (Lipinski definition) is 1. The van der Waals surface area contributed by atoms with Crippen molar-refractivity contribution in [1.82, 2.24) is 10.2 Å². The predicted molar refractivity (Wildman–Crippen MR) is 63.5 cm³/mol. The second kappa shape index (κ2) is 4.33. The minimum Gasteiger partial charge on any atom is -0.349 e. The van der Waals surface area contributed by atoms with Gasteiger partial charge in [0, 0.05) is 18.1 Å². The summed E-state index contributed by atoms with van der Waals surface area (Å²) in [5, 5.41) is 7.04. The molecule has 0 amide bonds. The molecule has 0 aliphatic carbocycles. The van der Waals surface area contributed by atoms with Crippen LogP contribution in [0.25, 0.3) is 0 Å². The van der Waals surface area contributed by atoms with E-state index >= 15 is 0 Å². The number of rotatable bonds is 1. The first-order valence-corrected chi connectivity index (χ1v) is 6.40. The highest BCUT2D eigenvalue weighted by Gasteiger charge is 2.41. The lowest BCUT2D eigenvalue weighted by Gasteiger charge is -2.38. The van der Waals surface area contributed by atoms with Crippen molar-refractivity contribution in [3.8, 4) is 0 Å². The molecule has 2 N–H and O–H groups in total. The molecule has 104 valence electrons. The Labute approximate surface area is 108 Å². The number of alkyl halides is 3. The van der Waals surface area contributed by atoms with Gasteiger partial charge in [0.25, 0.3) is 0 Å². The van der Waals surface area contributed by atoms with Crippen LogP contribution in [-0.4, -0.2) is 28.3 Å². The van der Waals surface area contributed by atoms with E-state index in [2.05, 4.69) is 15.1 Å². The highest BCUT2D eigenvalue weighted by Crippen LogP contribution is 2.38. The first-order valence-electron chi connectivity index (χ1n) is 6.40. The molecule has 1 aromatic heterocycles. The third-order valence-electron chi connectivity index (χ3n) is 3.97. The van der Waals surface area contributed by atoms with Gasteiger partial charge in [-0.15, -0.1) is 10.2 Å². The molecule has 19 heavy (non-hydrogen) atoms. The summed E-state index contributed by atoms with van der Waals surface area (Å²) in [5.74, 6) is 0.535. The highest BCUT2D eigenvalue weighted by molar-refractivity contribution is 5.43. The van der Waals surface area contributed by atoms with Crippen LogP contribution in [0.1, 0.15) is 31.4 Å². The molecule has 0 aromatic carbocycles. The summed E-state index contributed by atoms with van der Waals surface area (Å²) in [6.45, 7) is 0. The van der Waals surface area contributed by atoms with Gasteiger partial charge in [0.15, 0.2) is 11.5 Å². The van der Waals surface area contributed by atoms with Crippen molar-refractivity contribution in [1.29, 1.82) is 0 Å². The highest BCUT2D eigenvalue weighted by atomic mass is 19.4. The van der Waals surface area contributed by atoms with Crippen LogP contribution in [-0.2, 0) is 6.18 Å². The molecule has 3 heterocycles. The van der Waals surface area contributed by atoms with Gasteiger partial charge in [-0.3, -0.25) is 0 Å². The van der Waals surface area contributed by atoms with Crippen LogP contribution in [0.3, 0.4) is 0 Å². The van der Waals surface area contributed by atoms with Gasteiger partial charge >= 0.3 is 6.18 Å². The Bertz CT molecular complexity index is 445. The number of anilines is 1. The Morgan fingerprint density at radius 1 is 1.11 bits per heavy atom. The molecule has 2 atom stereocenters. The molecular weight excluding hydrogens is 257 g/mol. The van der Waals surface area contributed by atoms with E-state index in [0.717, 1.165) is 31.7 Å². The normalized spacial score (nSPS) is 30.7. The van der Waals surface area contributed by atoms with E-state index in [4.69, 9.17) is 5.73 Å². The Kier molecular flexibility index (Phi) is 2.88. The number of nitrogens with zero attached hydrogens (tertiary/aromatic N) is 3. The van der Waals surface area contributed by atoms with Gasteiger partial charge in [-0.25, -0.2) is 0 Å². The number of halogens is 3. The van der Waals surface area contributed by atoms with Crippen LogP contribution < -0.4 is 10.6 Å². The first kappa shape index (κ1) is 12.7. The maximum atomic E-state index is 12.4. The zero-order valence-corrected chi connectivity index (χ0v) is 10.3. The molecule has 2 fully saturated rings. The minimum atomic E-state index is -4.44. The Morgan fingerprint density at radius 3 is 2.21 bits per heavy atom. The van der Waals surface area contributed by atoms with E-state index < -0.39 is 11.9 Å². The van der Waals surface area contributed by atoms with Gasteiger partial charge < -0.3 is 10.6 Å². The summed E-state index contributed by atoms with van der Waals surface area (Å²) in [6, 6.07) is 3.18. The number of fused-ring (bicyclic) bond motifs is 2. The molecule has 3 rings (SSSR count). The minimum absolute atomic E-state index is 0.191. The second-order valence-electron chi connectivity index (χ2n) is 5.30. The third-order valence-corrected chi connectivity index (χ3v) is 3.97. The van der Waals surface area contributed by atoms with E-state index in [0.29, 0.717) is 17.9 Å². The van der Waals surface area contributed by atoms with E-state index in [-0.39, 0.29) is 6.04 Å². The van der Waals surface area contributed by atoms with Gasteiger partial charge in [0.05, 0.1) is 0 Å². The van der Waals surface area contributed by atoms with Gasteiger partial charge in [-0.1, -0.05) is 0 Å². The molecule has 0 spiro atoms. The zero-order chi connectivity index (χ0) is 13.6. The second-order valence-corrected chi connectivity index (χ2v) is 5.30. The zero-order valence-electron chi connectivity index (χ0n) is 10.3. The van der Waals surface area contributed by atoms with Crippen molar-refractivity contribution in [3.63, 3.8) is 0 Å². The molecule has 2 aliphatic heterocycles. The lowest BCUT2D eigenvalue weighted by atomic mass is 9.98. The largest absolute Gasteiger partial charge is 0.435 e. The van der Waals surface area contributed by atoms with E-state index in [1.807, 2.05) is 0 Å². The molecule has 0 radical (unpaired) electrons. The first-order chi connectivity index (χ1) is 8.95. The Balaban J connectivity index is 1.84. The smallest absolute Gasteiger partial charge is 0.349 e. The summed E-state index contributed by atoms with van der Waals surface area (Å²) >= 11 is 0. The van der Waals surface area contributed by atoms with Crippen LogP contribution in [0.15, 0.2) is 12.1 Å².